The van der Waals surface area contributed by atoms with Crippen molar-refractivity contribution in [1.29, 1.82) is 0 Å². The normalized spacial score (nSPS) is 10.4. The number of carbonyl (C=O) groups excluding carboxylic acids is 1. The summed E-state index contributed by atoms with van der Waals surface area (Å²) in [6.07, 6.45) is 1.65. The summed E-state index contributed by atoms with van der Waals surface area (Å²) in [5.74, 6) is -0.564. The first-order valence-electron chi connectivity index (χ1n) is 6.67. The number of carbonyl (C=O) groups is 1. The number of hydrogen-bond donors (Lipinski definition) is 1. The van der Waals surface area contributed by atoms with Crippen molar-refractivity contribution >= 4 is 39.7 Å². The molecule has 0 bridgehead atoms. The van der Waals surface area contributed by atoms with Crippen LogP contribution >= 0.6 is 22.9 Å². The van der Waals surface area contributed by atoms with Gasteiger partial charge < -0.3 is 0 Å². The largest absolute Gasteiger partial charge is 0.298 e. The van der Waals surface area contributed by atoms with Gasteiger partial charge in [0.05, 0.1) is 21.2 Å². The fourth-order valence-corrected chi connectivity index (χ4v) is 2.83. The zero-order chi connectivity index (χ0) is 17.1. The zero-order valence-electron chi connectivity index (χ0n) is 12.0. The Morgan fingerprint density at radius 1 is 1.25 bits per heavy atom. The minimum absolute atomic E-state index is 0.0143. The Morgan fingerprint density at radius 3 is 2.79 bits per heavy atom. The number of nitrogens with zero attached hydrogens (tertiary/aromatic N) is 3. The van der Waals surface area contributed by atoms with Gasteiger partial charge in [-0.05, 0) is 18.2 Å². The lowest BCUT2D eigenvalue weighted by molar-refractivity contribution is -0.384. The lowest BCUT2D eigenvalue weighted by Crippen LogP contribution is -2.12. The summed E-state index contributed by atoms with van der Waals surface area (Å²) in [7, 11) is 0. The number of nitro groups is 1. The molecule has 3 aromatic rings. The third-order valence-electron chi connectivity index (χ3n) is 3.06. The number of pyridine rings is 1. The third-order valence-corrected chi connectivity index (χ3v) is 4.14. The maximum atomic E-state index is 12.3. The zero-order valence-corrected chi connectivity index (χ0v) is 13.5. The van der Waals surface area contributed by atoms with Gasteiger partial charge in [-0.3, -0.25) is 25.2 Å². The molecule has 0 saturated heterocycles. The second-order valence-corrected chi connectivity index (χ2v) is 5.89. The van der Waals surface area contributed by atoms with Crippen molar-refractivity contribution in [2.75, 3.05) is 5.32 Å². The molecule has 7 nitrogen and oxygen atoms in total. The fraction of sp³-hybridized carbons (Fsp3) is 0. The second kappa shape index (κ2) is 6.73. The minimum Gasteiger partial charge on any atom is -0.298 e. The molecule has 3 rings (SSSR count). The standard InChI is InChI=1S/C15H9ClN4O3S/c16-11-5-4-9(20(22)23)7-10(11)14(21)19-15-18-13(8-24-15)12-3-1-2-6-17-12/h1-8H,(H,18,19,21). The highest BCUT2D eigenvalue weighted by Gasteiger charge is 2.17. The van der Waals surface area contributed by atoms with Gasteiger partial charge in [-0.2, -0.15) is 0 Å². The number of aromatic nitrogens is 2. The summed E-state index contributed by atoms with van der Waals surface area (Å²) in [4.78, 5) is 31.0. The monoisotopic (exact) mass is 360 g/mol. The number of nitro benzene ring substituents is 1. The number of amides is 1. The molecule has 0 spiro atoms. The van der Waals surface area contributed by atoms with Gasteiger partial charge in [0.2, 0.25) is 0 Å². The predicted octanol–water partition coefficient (Wildman–Crippen LogP) is 4.02. The molecule has 0 fully saturated rings. The number of benzene rings is 1. The van der Waals surface area contributed by atoms with Crippen LogP contribution in [0.2, 0.25) is 5.02 Å². The highest BCUT2D eigenvalue weighted by Crippen LogP contribution is 2.26. The van der Waals surface area contributed by atoms with Crippen LogP contribution in [0.1, 0.15) is 10.4 Å². The molecule has 0 saturated carbocycles. The van der Waals surface area contributed by atoms with Crippen LogP contribution in [0.3, 0.4) is 0 Å². The van der Waals surface area contributed by atoms with E-state index in [-0.39, 0.29) is 16.3 Å². The molecule has 120 valence electrons. The number of nitrogens with one attached hydrogen (secondary N) is 1. The molecular formula is C15H9ClN4O3S. The predicted molar refractivity (Wildman–Crippen MR) is 91.4 cm³/mol. The Hall–Kier alpha value is -2.84. The SMILES string of the molecule is O=C(Nc1nc(-c2ccccn2)cs1)c1cc([N+](=O)[O-])ccc1Cl. The van der Waals surface area contributed by atoms with Crippen LogP contribution in [0.5, 0.6) is 0 Å². The van der Waals surface area contributed by atoms with Crippen molar-refractivity contribution in [2.24, 2.45) is 0 Å². The summed E-state index contributed by atoms with van der Waals surface area (Å²) >= 11 is 7.18. The Bertz CT molecular complexity index is 914. The van der Waals surface area contributed by atoms with Gasteiger partial charge in [-0.25, -0.2) is 4.98 Å². The average Bonchev–Trinajstić information content (AvgIpc) is 3.04. The van der Waals surface area contributed by atoms with Gasteiger partial charge in [-0.1, -0.05) is 17.7 Å². The molecule has 0 aliphatic carbocycles. The third kappa shape index (κ3) is 3.39. The molecule has 1 N–H and O–H groups in total. The number of anilines is 1. The number of hydrogen-bond acceptors (Lipinski definition) is 6. The van der Waals surface area contributed by atoms with Crippen LogP contribution in [0.25, 0.3) is 11.4 Å². The van der Waals surface area contributed by atoms with Gasteiger partial charge in [0.1, 0.15) is 5.69 Å². The number of non-ortho nitro benzene ring substituents is 1. The van der Waals surface area contributed by atoms with Gasteiger partial charge in [-0.15, -0.1) is 11.3 Å². The molecular weight excluding hydrogens is 352 g/mol. The summed E-state index contributed by atoms with van der Waals surface area (Å²) in [6, 6.07) is 9.12. The first-order valence-corrected chi connectivity index (χ1v) is 7.92. The molecule has 0 aliphatic rings. The first-order chi connectivity index (χ1) is 11.5. The number of halogens is 1. The van der Waals surface area contributed by atoms with E-state index >= 15 is 0 Å². The average molecular weight is 361 g/mol. The molecule has 2 aromatic heterocycles. The van der Waals surface area contributed by atoms with Crippen molar-refractivity contribution < 1.29 is 9.72 Å². The summed E-state index contributed by atoms with van der Waals surface area (Å²) in [6.45, 7) is 0. The lowest BCUT2D eigenvalue weighted by atomic mass is 10.2. The molecule has 0 atom stereocenters. The minimum atomic E-state index is -0.588. The highest BCUT2D eigenvalue weighted by atomic mass is 35.5. The van der Waals surface area contributed by atoms with Crippen LogP contribution in [0.4, 0.5) is 10.8 Å². The smallest absolute Gasteiger partial charge is 0.270 e. The van der Waals surface area contributed by atoms with Crippen molar-refractivity contribution in [1.82, 2.24) is 9.97 Å². The molecule has 0 radical (unpaired) electrons. The van der Waals surface area contributed by atoms with E-state index in [1.165, 1.54) is 23.5 Å². The highest BCUT2D eigenvalue weighted by molar-refractivity contribution is 7.14. The van der Waals surface area contributed by atoms with Gasteiger partial charge in [0.15, 0.2) is 5.13 Å². The van der Waals surface area contributed by atoms with E-state index in [1.54, 1.807) is 23.7 Å². The molecule has 9 heteroatoms. The van der Waals surface area contributed by atoms with Crippen molar-refractivity contribution in [3.8, 4) is 11.4 Å². The Kier molecular flexibility index (Phi) is 4.50. The van der Waals surface area contributed by atoms with Crippen LogP contribution < -0.4 is 5.32 Å². The van der Waals surface area contributed by atoms with Crippen LogP contribution in [0, 0.1) is 10.1 Å². The van der Waals surface area contributed by atoms with Crippen molar-refractivity contribution in [3.05, 3.63) is 68.7 Å². The lowest BCUT2D eigenvalue weighted by Gasteiger charge is -2.04. The molecule has 24 heavy (non-hydrogen) atoms. The van der Waals surface area contributed by atoms with E-state index in [1.807, 2.05) is 6.07 Å². The van der Waals surface area contributed by atoms with Crippen LogP contribution in [-0.4, -0.2) is 20.8 Å². The number of rotatable bonds is 4. The van der Waals surface area contributed by atoms with E-state index in [2.05, 4.69) is 15.3 Å². The Morgan fingerprint density at radius 2 is 2.08 bits per heavy atom. The first kappa shape index (κ1) is 16.0. The van der Waals surface area contributed by atoms with Crippen LogP contribution in [-0.2, 0) is 0 Å². The summed E-state index contributed by atoms with van der Waals surface area (Å²) in [5.41, 5.74) is 1.11. The Labute approximate surface area is 145 Å². The quantitative estimate of drug-likeness (QED) is 0.559. The number of thiazole rings is 1. The van der Waals surface area contributed by atoms with Gasteiger partial charge in [0, 0.05) is 23.7 Å². The van der Waals surface area contributed by atoms with Crippen molar-refractivity contribution in [2.45, 2.75) is 0 Å². The molecule has 1 amide bonds. The van der Waals surface area contributed by atoms with Gasteiger partial charge in [0.25, 0.3) is 11.6 Å². The summed E-state index contributed by atoms with van der Waals surface area (Å²) < 4.78 is 0. The van der Waals surface area contributed by atoms with E-state index in [4.69, 9.17) is 11.6 Å². The second-order valence-electron chi connectivity index (χ2n) is 4.63. The van der Waals surface area contributed by atoms with E-state index in [0.717, 1.165) is 6.07 Å². The fourth-order valence-electron chi connectivity index (χ4n) is 1.93. The molecule has 2 heterocycles. The molecule has 1 aromatic carbocycles. The Balaban J connectivity index is 1.82. The van der Waals surface area contributed by atoms with E-state index in [9.17, 15) is 14.9 Å². The van der Waals surface area contributed by atoms with E-state index < -0.39 is 10.8 Å². The maximum Gasteiger partial charge on any atom is 0.270 e. The van der Waals surface area contributed by atoms with Crippen LogP contribution in [0.15, 0.2) is 48.0 Å². The van der Waals surface area contributed by atoms with E-state index in [0.29, 0.717) is 16.5 Å². The van der Waals surface area contributed by atoms with Crippen molar-refractivity contribution in [3.63, 3.8) is 0 Å². The maximum absolute atomic E-state index is 12.3. The van der Waals surface area contributed by atoms with Gasteiger partial charge >= 0.3 is 0 Å². The summed E-state index contributed by atoms with van der Waals surface area (Å²) in [5, 5.41) is 15.6. The molecule has 0 unspecified atom stereocenters. The molecule has 0 aliphatic heterocycles. The topological polar surface area (TPSA) is 98.0 Å².